The van der Waals surface area contributed by atoms with Crippen LogP contribution in [0.25, 0.3) is 0 Å². The molecule has 0 unspecified atom stereocenters. The van der Waals surface area contributed by atoms with E-state index in [0.717, 1.165) is 15.9 Å². The Kier molecular flexibility index (Phi) is 8.11. The summed E-state index contributed by atoms with van der Waals surface area (Å²) in [5, 5.41) is 4.12. The molecule has 0 spiro atoms. The second kappa shape index (κ2) is 10.5. The average Bonchev–Trinajstić information content (AvgIpc) is 2.77. The predicted octanol–water partition coefficient (Wildman–Crippen LogP) is 1.13. The number of ether oxygens (including phenoxy) is 2. The standard InChI is InChI=1S/C20H23N3O7S/c1-21-20(26)22-18(24)13-30-19(25)15-9-10-16(29-3)17(11-15)31(27,28)23(2)12-14-7-5-4-6-8-14/h4-11H,12-13H2,1-3H3,(H2,21,22,24,26). The van der Waals surface area contributed by atoms with E-state index in [1.807, 2.05) is 11.4 Å². The summed E-state index contributed by atoms with van der Waals surface area (Å²) in [6.07, 6.45) is 0. The number of carbonyl (C=O) groups excluding carboxylic acids is 3. The highest BCUT2D eigenvalue weighted by Crippen LogP contribution is 2.28. The highest BCUT2D eigenvalue weighted by molar-refractivity contribution is 7.89. The van der Waals surface area contributed by atoms with Gasteiger partial charge in [-0.1, -0.05) is 30.3 Å². The molecule has 0 atom stereocenters. The topological polar surface area (TPSA) is 131 Å². The Morgan fingerprint density at radius 1 is 1.06 bits per heavy atom. The van der Waals surface area contributed by atoms with Gasteiger partial charge in [0.25, 0.3) is 5.91 Å². The maximum Gasteiger partial charge on any atom is 0.338 e. The lowest BCUT2D eigenvalue weighted by Crippen LogP contribution is -2.39. The minimum Gasteiger partial charge on any atom is -0.495 e. The molecule has 11 heteroatoms. The van der Waals surface area contributed by atoms with Crippen LogP contribution < -0.4 is 15.4 Å². The molecule has 0 radical (unpaired) electrons. The zero-order chi connectivity index (χ0) is 23.0. The third-order valence-corrected chi connectivity index (χ3v) is 5.97. The van der Waals surface area contributed by atoms with E-state index < -0.39 is 34.5 Å². The van der Waals surface area contributed by atoms with E-state index in [-0.39, 0.29) is 22.8 Å². The fourth-order valence-corrected chi connectivity index (χ4v) is 3.87. The van der Waals surface area contributed by atoms with Gasteiger partial charge in [-0.2, -0.15) is 4.31 Å². The van der Waals surface area contributed by atoms with Crippen molar-refractivity contribution in [1.82, 2.24) is 14.9 Å². The second-order valence-corrected chi connectivity index (χ2v) is 8.33. The largest absolute Gasteiger partial charge is 0.495 e. The van der Waals surface area contributed by atoms with Crippen LogP contribution in [0.5, 0.6) is 5.75 Å². The molecule has 0 saturated carbocycles. The molecule has 0 aliphatic carbocycles. The number of methoxy groups -OCH3 is 1. The third-order valence-electron chi connectivity index (χ3n) is 4.15. The SMILES string of the molecule is CNC(=O)NC(=O)COC(=O)c1ccc(OC)c(S(=O)(=O)N(C)Cc2ccccc2)c1. The molecular formula is C20H23N3O7S. The van der Waals surface area contributed by atoms with Crippen LogP contribution in [-0.2, 0) is 26.1 Å². The number of nitrogens with zero attached hydrogens (tertiary/aromatic N) is 1. The van der Waals surface area contributed by atoms with Crippen molar-refractivity contribution in [2.45, 2.75) is 11.4 Å². The molecule has 0 aliphatic rings. The Labute approximate surface area is 180 Å². The minimum atomic E-state index is -4.02. The van der Waals surface area contributed by atoms with Crippen molar-refractivity contribution >= 4 is 27.9 Å². The van der Waals surface area contributed by atoms with E-state index in [1.54, 1.807) is 24.3 Å². The third kappa shape index (κ3) is 6.27. The number of amides is 3. The molecule has 3 amide bonds. The molecule has 2 rings (SSSR count). The van der Waals surface area contributed by atoms with Gasteiger partial charge in [-0.3, -0.25) is 10.1 Å². The maximum absolute atomic E-state index is 13.1. The zero-order valence-corrected chi connectivity index (χ0v) is 18.1. The van der Waals surface area contributed by atoms with Crippen LogP contribution in [0.2, 0.25) is 0 Å². The summed E-state index contributed by atoms with van der Waals surface area (Å²) in [7, 11) is 0.0288. The minimum absolute atomic E-state index is 0.0498. The summed E-state index contributed by atoms with van der Waals surface area (Å²) in [5.41, 5.74) is 0.686. The van der Waals surface area contributed by atoms with Crippen molar-refractivity contribution in [2.24, 2.45) is 0 Å². The lowest BCUT2D eigenvalue weighted by atomic mass is 10.2. The number of hydrogen-bond acceptors (Lipinski definition) is 7. The van der Waals surface area contributed by atoms with Crippen molar-refractivity contribution in [3.63, 3.8) is 0 Å². The Hall–Kier alpha value is -3.44. The number of benzene rings is 2. The van der Waals surface area contributed by atoms with Crippen LogP contribution in [0.1, 0.15) is 15.9 Å². The number of rotatable bonds is 8. The lowest BCUT2D eigenvalue weighted by Gasteiger charge is -2.19. The number of imide groups is 1. The van der Waals surface area contributed by atoms with Gasteiger partial charge in [-0.25, -0.2) is 18.0 Å². The maximum atomic E-state index is 13.1. The summed E-state index contributed by atoms with van der Waals surface area (Å²) < 4.78 is 37.3. The van der Waals surface area contributed by atoms with Gasteiger partial charge >= 0.3 is 12.0 Å². The molecule has 2 aromatic carbocycles. The van der Waals surface area contributed by atoms with Gasteiger partial charge in [0.2, 0.25) is 10.0 Å². The quantitative estimate of drug-likeness (QED) is 0.578. The number of urea groups is 1. The molecular weight excluding hydrogens is 426 g/mol. The first-order valence-corrected chi connectivity index (χ1v) is 10.5. The van der Waals surface area contributed by atoms with Crippen molar-refractivity contribution in [1.29, 1.82) is 0 Å². The van der Waals surface area contributed by atoms with E-state index in [9.17, 15) is 22.8 Å². The van der Waals surface area contributed by atoms with Gasteiger partial charge in [0, 0.05) is 20.6 Å². The van der Waals surface area contributed by atoms with Crippen molar-refractivity contribution in [3.05, 3.63) is 59.7 Å². The first-order chi connectivity index (χ1) is 14.7. The van der Waals surface area contributed by atoms with Gasteiger partial charge in [0.05, 0.1) is 12.7 Å². The van der Waals surface area contributed by atoms with Gasteiger partial charge in [-0.15, -0.1) is 0 Å². The van der Waals surface area contributed by atoms with E-state index in [2.05, 4.69) is 5.32 Å². The average molecular weight is 449 g/mol. The molecule has 31 heavy (non-hydrogen) atoms. The van der Waals surface area contributed by atoms with Crippen LogP contribution in [0, 0.1) is 0 Å². The van der Waals surface area contributed by atoms with Gasteiger partial charge in [-0.05, 0) is 23.8 Å². The normalized spacial score (nSPS) is 11.0. The molecule has 0 bridgehead atoms. The van der Waals surface area contributed by atoms with Crippen molar-refractivity contribution in [3.8, 4) is 5.75 Å². The monoisotopic (exact) mass is 449 g/mol. The summed E-state index contributed by atoms with van der Waals surface area (Å²) in [6.45, 7) is -0.602. The summed E-state index contributed by atoms with van der Waals surface area (Å²) in [6, 6.07) is 12.0. The second-order valence-electron chi connectivity index (χ2n) is 6.32. The summed E-state index contributed by atoms with van der Waals surface area (Å²) in [5.74, 6) is -1.72. The van der Waals surface area contributed by atoms with Crippen LogP contribution in [0.3, 0.4) is 0 Å². The Morgan fingerprint density at radius 2 is 1.74 bits per heavy atom. The van der Waals surface area contributed by atoms with E-state index in [1.165, 1.54) is 33.3 Å². The number of nitrogens with one attached hydrogen (secondary N) is 2. The fourth-order valence-electron chi connectivity index (χ4n) is 2.54. The number of hydrogen-bond donors (Lipinski definition) is 2. The van der Waals surface area contributed by atoms with Crippen LogP contribution in [0.15, 0.2) is 53.4 Å². The van der Waals surface area contributed by atoms with Gasteiger partial charge < -0.3 is 14.8 Å². The first kappa shape index (κ1) is 23.8. The van der Waals surface area contributed by atoms with Crippen molar-refractivity contribution < 1.29 is 32.3 Å². The lowest BCUT2D eigenvalue weighted by molar-refractivity contribution is -0.123. The van der Waals surface area contributed by atoms with E-state index >= 15 is 0 Å². The summed E-state index contributed by atoms with van der Waals surface area (Å²) >= 11 is 0. The molecule has 0 saturated heterocycles. The van der Waals surface area contributed by atoms with Crippen LogP contribution in [-0.4, -0.2) is 58.4 Å². The highest BCUT2D eigenvalue weighted by Gasteiger charge is 2.27. The molecule has 2 N–H and O–H groups in total. The van der Waals surface area contributed by atoms with Gasteiger partial charge in [0.15, 0.2) is 6.61 Å². The smallest absolute Gasteiger partial charge is 0.338 e. The highest BCUT2D eigenvalue weighted by atomic mass is 32.2. The van der Waals surface area contributed by atoms with Gasteiger partial charge in [0.1, 0.15) is 10.6 Å². The molecule has 0 aliphatic heterocycles. The Morgan fingerprint density at radius 3 is 2.35 bits per heavy atom. The zero-order valence-electron chi connectivity index (χ0n) is 17.2. The van der Waals surface area contributed by atoms with E-state index in [4.69, 9.17) is 9.47 Å². The molecule has 0 aromatic heterocycles. The first-order valence-electron chi connectivity index (χ1n) is 9.06. The predicted molar refractivity (Wildman–Crippen MR) is 111 cm³/mol. The Bertz CT molecular complexity index is 1060. The van der Waals surface area contributed by atoms with Crippen LogP contribution in [0.4, 0.5) is 4.79 Å². The number of sulfonamides is 1. The number of esters is 1. The van der Waals surface area contributed by atoms with Crippen LogP contribution >= 0.6 is 0 Å². The Balaban J connectivity index is 2.21. The molecule has 10 nitrogen and oxygen atoms in total. The molecule has 0 heterocycles. The number of carbonyl (C=O) groups is 3. The fraction of sp³-hybridized carbons (Fsp3) is 0.250. The molecule has 166 valence electrons. The molecule has 2 aromatic rings. The van der Waals surface area contributed by atoms with Crippen molar-refractivity contribution in [2.75, 3.05) is 27.8 Å². The molecule has 0 fully saturated rings. The summed E-state index contributed by atoms with van der Waals surface area (Å²) in [4.78, 5) is 34.7. The van der Waals surface area contributed by atoms with E-state index in [0.29, 0.717) is 0 Å².